The van der Waals surface area contributed by atoms with Crippen molar-refractivity contribution in [2.45, 2.75) is 12.8 Å². The van der Waals surface area contributed by atoms with Crippen molar-refractivity contribution in [3.05, 3.63) is 71.2 Å². The Morgan fingerprint density at radius 1 is 0.909 bits per heavy atom. The van der Waals surface area contributed by atoms with Gasteiger partial charge in [0.15, 0.2) is 0 Å². The smallest absolute Gasteiger partial charge is 0.303 e. The standard InChI is InChI=1S/C24H20BrN5O3/c25-16-4-2-6-18(13-16)28-23-19-12-15(7-8-20(19)29-24(26)30-23)14-3-1-5-17(11-14)27-21(31)9-10-22(32)33/h1-8,11-13H,9-10H2,(H,27,31)(H,32,33)(H3,26,28,29,30). The first-order chi connectivity index (χ1) is 15.9. The van der Waals surface area contributed by atoms with Crippen molar-refractivity contribution in [3.8, 4) is 11.1 Å². The summed E-state index contributed by atoms with van der Waals surface area (Å²) in [5.74, 6) is -0.614. The molecule has 0 aliphatic rings. The van der Waals surface area contributed by atoms with Crippen LogP contribution in [0.5, 0.6) is 0 Å². The first kappa shape index (κ1) is 22.2. The zero-order valence-electron chi connectivity index (χ0n) is 17.4. The molecule has 33 heavy (non-hydrogen) atoms. The highest BCUT2D eigenvalue weighted by atomic mass is 79.9. The average molecular weight is 506 g/mol. The van der Waals surface area contributed by atoms with Crippen LogP contribution in [0.3, 0.4) is 0 Å². The number of hydrogen-bond donors (Lipinski definition) is 4. The van der Waals surface area contributed by atoms with Gasteiger partial charge in [-0.3, -0.25) is 9.59 Å². The minimum atomic E-state index is -1.01. The third-order valence-electron chi connectivity index (χ3n) is 4.85. The van der Waals surface area contributed by atoms with E-state index in [2.05, 4.69) is 36.5 Å². The monoisotopic (exact) mass is 505 g/mol. The molecule has 0 unspecified atom stereocenters. The Morgan fingerprint density at radius 3 is 2.45 bits per heavy atom. The second kappa shape index (κ2) is 9.66. The molecule has 1 heterocycles. The van der Waals surface area contributed by atoms with Crippen molar-refractivity contribution in [1.82, 2.24) is 9.97 Å². The number of carboxylic acid groups (broad SMARTS) is 1. The number of hydrogen-bond acceptors (Lipinski definition) is 6. The van der Waals surface area contributed by atoms with E-state index in [4.69, 9.17) is 10.8 Å². The molecule has 166 valence electrons. The van der Waals surface area contributed by atoms with E-state index in [0.29, 0.717) is 17.0 Å². The summed E-state index contributed by atoms with van der Waals surface area (Å²) in [5.41, 5.74) is 9.82. The van der Waals surface area contributed by atoms with Crippen LogP contribution in [-0.4, -0.2) is 27.0 Å². The zero-order chi connectivity index (χ0) is 23.4. The van der Waals surface area contributed by atoms with Crippen LogP contribution in [0.1, 0.15) is 12.8 Å². The minimum Gasteiger partial charge on any atom is -0.481 e. The number of amides is 1. The number of fused-ring (bicyclic) bond motifs is 1. The van der Waals surface area contributed by atoms with E-state index in [-0.39, 0.29) is 24.7 Å². The molecule has 4 aromatic rings. The van der Waals surface area contributed by atoms with Crippen molar-refractivity contribution in [2.24, 2.45) is 0 Å². The second-order valence-corrected chi connectivity index (χ2v) is 8.24. The molecule has 1 aromatic heterocycles. The first-order valence-electron chi connectivity index (χ1n) is 10.1. The topological polar surface area (TPSA) is 130 Å². The zero-order valence-corrected chi connectivity index (χ0v) is 19.0. The highest BCUT2D eigenvalue weighted by Crippen LogP contribution is 2.31. The maximum atomic E-state index is 12.0. The lowest BCUT2D eigenvalue weighted by Crippen LogP contribution is -2.13. The lowest BCUT2D eigenvalue weighted by atomic mass is 10.0. The number of nitrogens with one attached hydrogen (secondary N) is 2. The molecule has 0 radical (unpaired) electrons. The summed E-state index contributed by atoms with van der Waals surface area (Å²) in [6.07, 6.45) is -0.300. The molecule has 0 saturated carbocycles. The number of nitrogens with zero attached hydrogens (tertiary/aromatic N) is 2. The Morgan fingerprint density at radius 2 is 1.67 bits per heavy atom. The van der Waals surface area contributed by atoms with Crippen molar-refractivity contribution in [1.29, 1.82) is 0 Å². The highest BCUT2D eigenvalue weighted by Gasteiger charge is 2.11. The summed E-state index contributed by atoms with van der Waals surface area (Å²) < 4.78 is 0.932. The van der Waals surface area contributed by atoms with Gasteiger partial charge in [-0.25, -0.2) is 4.98 Å². The molecular weight excluding hydrogens is 486 g/mol. The molecule has 0 atom stereocenters. The Balaban J connectivity index is 1.66. The van der Waals surface area contributed by atoms with Crippen LogP contribution in [0.2, 0.25) is 0 Å². The van der Waals surface area contributed by atoms with E-state index in [0.717, 1.165) is 26.7 Å². The summed E-state index contributed by atoms with van der Waals surface area (Å²) in [5, 5.41) is 15.6. The van der Waals surface area contributed by atoms with Crippen LogP contribution in [0, 0.1) is 0 Å². The summed E-state index contributed by atoms with van der Waals surface area (Å²) in [6, 6.07) is 20.8. The molecule has 1 amide bonds. The van der Waals surface area contributed by atoms with Crippen molar-refractivity contribution in [3.63, 3.8) is 0 Å². The number of carbonyl (C=O) groups excluding carboxylic acids is 1. The lowest BCUT2D eigenvalue weighted by Gasteiger charge is -2.12. The molecular formula is C24H20BrN5O3. The molecule has 0 bridgehead atoms. The number of aromatic nitrogens is 2. The van der Waals surface area contributed by atoms with Gasteiger partial charge >= 0.3 is 5.97 Å². The molecule has 0 aliphatic carbocycles. The molecule has 0 spiro atoms. The fourth-order valence-corrected chi connectivity index (χ4v) is 3.74. The van der Waals surface area contributed by atoms with Crippen LogP contribution in [-0.2, 0) is 9.59 Å². The third kappa shape index (κ3) is 5.64. The van der Waals surface area contributed by atoms with Gasteiger partial charge in [-0.15, -0.1) is 0 Å². The largest absolute Gasteiger partial charge is 0.481 e. The average Bonchev–Trinajstić information content (AvgIpc) is 2.77. The van der Waals surface area contributed by atoms with Crippen LogP contribution in [0.4, 0.5) is 23.1 Å². The van der Waals surface area contributed by atoms with Gasteiger partial charge in [0.2, 0.25) is 11.9 Å². The molecule has 0 fully saturated rings. The van der Waals surface area contributed by atoms with Crippen LogP contribution >= 0.6 is 15.9 Å². The summed E-state index contributed by atoms with van der Waals surface area (Å²) in [4.78, 5) is 31.4. The predicted octanol–water partition coefficient (Wildman–Crippen LogP) is 5.19. The number of nitrogen functional groups attached to an aromatic ring is 1. The number of nitrogens with two attached hydrogens (primary N) is 1. The van der Waals surface area contributed by atoms with Gasteiger partial charge in [0.1, 0.15) is 5.82 Å². The van der Waals surface area contributed by atoms with E-state index in [1.54, 1.807) is 6.07 Å². The van der Waals surface area contributed by atoms with Gasteiger partial charge in [0.25, 0.3) is 0 Å². The first-order valence-corrected chi connectivity index (χ1v) is 10.9. The summed E-state index contributed by atoms with van der Waals surface area (Å²) >= 11 is 3.47. The third-order valence-corrected chi connectivity index (χ3v) is 5.34. The Bertz CT molecular complexity index is 1360. The number of carbonyl (C=O) groups is 2. The summed E-state index contributed by atoms with van der Waals surface area (Å²) in [7, 11) is 0. The van der Waals surface area contributed by atoms with E-state index in [1.165, 1.54) is 0 Å². The predicted molar refractivity (Wildman–Crippen MR) is 132 cm³/mol. The molecule has 8 nitrogen and oxygen atoms in total. The van der Waals surface area contributed by atoms with Crippen LogP contribution in [0.25, 0.3) is 22.0 Å². The Kier molecular flexibility index (Phi) is 6.50. The quantitative estimate of drug-likeness (QED) is 0.271. The molecule has 4 rings (SSSR count). The van der Waals surface area contributed by atoms with E-state index < -0.39 is 5.97 Å². The molecule has 5 N–H and O–H groups in total. The number of carboxylic acids is 1. The second-order valence-electron chi connectivity index (χ2n) is 7.32. The number of aliphatic carboxylic acids is 1. The number of benzene rings is 3. The van der Waals surface area contributed by atoms with Gasteiger partial charge in [-0.1, -0.05) is 40.2 Å². The Hall–Kier alpha value is -3.98. The van der Waals surface area contributed by atoms with Gasteiger partial charge in [0, 0.05) is 27.7 Å². The van der Waals surface area contributed by atoms with E-state index in [1.807, 2.05) is 60.7 Å². The fourth-order valence-electron chi connectivity index (χ4n) is 3.34. The van der Waals surface area contributed by atoms with Gasteiger partial charge in [-0.05, 0) is 53.6 Å². The van der Waals surface area contributed by atoms with E-state index >= 15 is 0 Å². The maximum Gasteiger partial charge on any atom is 0.303 e. The molecule has 9 heteroatoms. The van der Waals surface area contributed by atoms with Crippen molar-refractivity contribution in [2.75, 3.05) is 16.4 Å². The van der Waals surface area contributed by atoms with Gasteiger partial charge < -0.3 is 21.5 Å². The van der Waals surface area contributed by atoms with Crippen LogP contribution < -0.4 is 16.4 Å². The lowest BCUT2D eigenvalue weighted by molar-refractivity contribution is -0.138. The minimum absolute atomic E-state index is 0.0844. The van der Waals surface area contributed by atoms with E-state index in [9.17, 15) is 9.59 Å². The number of halogens is 1. The van der Waals surface area contributed by atoms with Crippen molar-refractivity contribution < 1.29 is 14.7 Å². The number of rotatable bonds is 7. The van der Waals surface area contributed by atoms with Crippen LogP contribution in [0.15, 0.2) is 71.2 Å². The molecule has 0 saturated heterocycles. The fraction of sp³-hybridized carbons (Fsp3) is 0.0833. The summed E-state index contributed by atoms with van der Waals surface area (Å²) in [6.45, 7) is 0. The SMILES string of the molecule is Nc1nc(Nc2cccc(Br)c2)c2cc(-c3cccc(NC(=O)CCC(=O)O)c3)ccc2n1. The molecule has 0 aliphatic heterocycles. The number of anilines is 4. The maximum absolute atomic E-state index is 12.0. The van der Waals surface area contributed by atoms with Gasteiger partial charge in [0.05, 0.1) is 11.9 Å². The van der Waals surface area contributed by atoms with Crippen molar-refractivity contribution >= 4 is 61.9 Å². The molecule has 3 aromatic carbocycles. The Labute approximate surface area is 198 Å². The highest BCUT2D eigenvalue weighted by molar-refractivity contribution is 9.10. The normalized spacial score (nSPS) is 10.7. The van der Waals surface area contributed by atoms with Gasteiger partial charge in [-0.2, -0.15) is 4.98 Å².